The third kappa shape index (κ3) is 5.33. The zero-order chi connectivity index (χ0) is 17.7. The first-order valence-corrected chi connectivity index (χ1v) is 9.47. The minimum atomic E-state index is 0.582. The molecule has 5 heteroatoms. The molecule has 2 aliphatic rings. The maximum absolute atomic E-state index is 2.59. The summed E-state index contributed by atoms with van der Waals surface area (Å²) in [5, 5.41) is 0. The fourth-order valence-corrected chi connectivity index (χ4v) is 3.07. The van der Waals surface area contributed by atoms with Gasteiger partial charge in [0.15, 0.2) is 0 Å². The van der Waals surface area contributed by atoms with Gasteiger partial charge in [-0.15, -0.1) is 0 Å². The van der Waals surface area contributed by atoms with Crippen LogP contribution < -0.4 is 0 Å². The lowest BCUT2D eigenvalue weighted by atomic mass is 10.3. The summed E-state index contributed by atoms with van der Waals surface area (Å²) in [6.07, 6.45) is 8.92. The van der Waals surface area contributed by atoms with Crippen molar-refractivity contribution in [2.24, 2.45) is 0 Å². The van der Waals surface area contributed by atoms with E-state index in [2.05, 4.69) is 90.8 Å². The molecule has 0 fully saturated rings. The van der Waals surface area contributed by atoms with Gasteiger partial charge in [0.2, 0.25) is 0 Å². The lowest BCUT2D eigenvalue weighted by Crippen LogP contribution is -2.42. The van der Waals surface area contributed by atoms with Crippen LogP contribution in [0.5, 0.6) is 0 Å². The van der Waals surface area contributed by atoms with Crippen molar-refractivity contribution in [3.05, 3.63) is 24.8 Å². The van der Waals surface area contributed by atoms with Crippen LogP contribution in [0.4, 0.5) is 0 Å². The first-order chi connectivity index (χ1) is 11.4. The van der Waals surface area contributed by atoms with Crippen molar-refractivity contribution in [2.75, 3.05) is 39.5 Å². The zero-order valence-corrected chi connectivity index (χ0v) is 16.5. The predicted molar refractivity (Wildman–Crippen MR) is 102 cm³/mol. The monoisotopic (exact) mass is 335 g/mol. The molecule has 5 nitrogen and oxygen atoms in total. The fourth-order valence-electron chi connectivity index (χ4n) is 3.07. The molecule has 0 saturated heterocycles. The molecule has 0 aromatic carbocycles. The first-order valence-electron chi connectivity index (χ1n) is 9.47. The van der Waals surface area contributed by atoms with E-state index >= 15 is 0 Å². The lowest BCUT2D eigenvalue weighted by molar-refractivity contribution is 0.153. The summed E-state index contributed by atoms with van der Waals surface area (Å²) in [4.78, 5) is 12.2. The maximum atomic E-state index is 2.59. The largest absolute Gasteiger partial charge is 0.357 e. The third-order valence-corrected chi connectivity index (χ3v) is 5.03. The zero-order valence-electron chi connectivity index (χ0n) is 16.5. The highest BCUT2D eigenvalue weighted by Crippen LogP contribution is 2.12. The molecule has 0 unspecified atom stereocenters. The molecule has 2 aliphatic heterocycles. The summed E-state index contributed by atoms with van der Waals surface area (Å²) in [6, 6.07) is 1.75. The molecular formula is C19H37N5. The molecule has 0 bridgehead atoms. The van der Waals surface area contributed by atoms with Crippen molar-refractivity contribution in [1.29, 1.82) is 0 Å². The Hall–Kier alpha value is -1.36. The SMILES string of the molecule is CC(C)N1C=CN(CCN(CCN2C=CN(C(C)C)C2)C(C)C)C1. The van der Waals surface area contributed by atoms with Crippen LogP contribution in [0.25, 0.3) is 0 Å². The number of rotatable bonds is 9. The van der Waals surface area contributed by atoms with E-state index in [0.29, 0.717) is 18.1 Å². The van der Waals surface area contributed by atoms with E-state index in [1.54, 1.807) is 0 Å². The Morgan fingerprint density at radius 1 is 0.708 bits per heavy atom. The average Bonchev–Trinajstić information content (AvgIpc) is 3.15. The molecule has 0 atom stereocenters. The molecule has 0 aromatic heterocycles. The molecular weight excluding hydrogens is 298 g/mol. The average molecular weight is 336 g/mol. The van der Waals surface area contributed by atoms with E-state index in [1.807, 2.05) is 0 Å². The highest BCUT2D eigenvalue weighted by atomic mass is 15.4. The van der Waals surface area contributed by atoms with E-state index in [-0.39, 0.29) is 0 Å². The summed E-state index contributed by atoms with van der Waals surface area (Å²) in [5.74, 6) is 0. The van der Waals surface area contributed by atoms with Crippen LogP contribution >= 0.6 is 0 Å². The van der Waals surface area contributed by atoms with E-state index in [4.69, 9.17) is 0 Å². The van der Waals surface area contributed by atoms with Gasteiger partial charge in [0.05, 0.1) is 13.3 Å². The van der Waals surface area contributed by atoms with Crippen LogP contribution in [0.2, 0.25) is 0 Å². The number of hydrogen-bond acceptors (Lipinski definition) is 5. The van der Waals surface area contributed by atoms with Gasteiger partial charge in [-0.2, -0.15) is 0 Å². The van der Waals surface area contributed by atoms with Crippen LogP contribution in [0.3, 0.4) is 0 Å². The number of nitrogens with zero attached hydrogens (tertiary/aromatic N) is 5. The van der Waals surface area contributed by atoms with Crippen molar-refractivity contribution in [1.82, 2.24) is 24.5 Å². The van der Waals surface area contributed by atoms with Gasteiger partial charge in [-0.1, -0.05) is 0 Å². The van der Waals surface area contributed by atoms with Crippen molar-refractivity contribution >= 4 is 0 Å². The van der Waals surface area contributed by atoms with Crippen molar-refractivity contribution in [2.45, 2.75) is 59.7 Å². The van der Waals surface area contributed by atoms with E-state index in [1.165, 1.54) is 0 Å². The Morgan fingerprint density at radius 3 is 1.42 bits per heavy atom. The molecule has 0 spiro atoms. The molecule has 0 radical (unpaired) electrons. The van der Waals surface area contributed by atoms with E-state index in [9.17, 15) is 0 Å². The van der Waals surface area contributed by atoms with Crippen LogP contribution in [0.15, 0.2) is 24.8 Å². The van der Waals surface area contributed by atoms with Gasteiger partial charge in [0.25, 0.3) is 0 Å². The standard InChI is InChI=1S/C19H37N5/c1-17(2)22(11-7-20-9-13-23(15-20)18(3)4)12-8-21-10-14-24(16-21)19(5)6/h9-10,13-14,17-19H,7-8,11-12,15-16H2,1-6H3. The van der Waals surface area contributed by atoms with Crippen LogP contribution in [0, 0.1) is 0 Å². The predicted octanol–water partition coefficient (Wildman–Crippen LogP) is 2.61. The van der Waals surface area contributed by atoms with E-state index < -0.39 is 0 Å². The number of hydrogen-bond donors (Lipinski definition) is 0. The summed E-state index contributed by atoms with van der Waals surface area (Å²) >= 11 is 0. The Kier molecular flexibility index (Phi) is 6.84. The van der Waals surface area contributed by atoms with Gasteiger partial charge in [0.1, 0.15) is 0 Å². The normalized spacial score (nSPS) is 17.9. The minimum Gasteiger partial charge on any atom is -0.357 e. The van der Waals surface area contributed by atoms with Gasteiger partial charge in [0, 0.05) is 69.1 Å². The lowest BCUT2D eigenvalue weighted by Gasteiger charge is -2.32. The van der Waals surface area contributed by atoms with Crippen LogP contribution in [-0.4, -0.2) is 82.1 Å². The summed E-state index contributed by atoms with van der Waals surface area (Å²) in [7, 11) is 0. The van der Waals surface area contributed by atoms with E-state index in [0.717, 1.165) is 39.5 Å². The second-order valence-electron chi connectivity index (χ2n) is 7.85. The molecule has 0 saturated carbocycles. The van der Waals surface area contributed by atoms with Crippen molar-refractivity contribution in [3.8, 4) is 0 Å². The summed E-state index contributed by atoms with van der Waals surface area (Å²) in [5.41, 5.74) is 0. The smallest absolute Gasteiger partial charge is 0.0896 e. The van der Waals surface area contributed by atoms with Crippen LogP contribution in [-0.2, 0) is 0 Å². The first kappa shape index (κ1) is 19.0. The van der Waals surface area contributed by atoms with Crippen LogP contribution in [0.1, 0.15) is 41.5 Å². The fraction of sp³-hybridized carbons (Fsp3) is 0.789. The summed E-state index contributed by atoms with van der Waals surface area (Å²) in [6.45, 7) is 20.1. The van der Waals surface area contributed by atoms with Gasteiger partial charge in [-0.3, -0.25) is 4.90 Å². The van der Waals surface area contributed by atoms with Gasteiger partial charge < -0.3 is 19.6 Å². The van der Waals surface area contributed by atoms with Gasteiger partial charge in [-0.05, 0) is 41.5 Å². The Labute approximate surface area is 149 Å². The molecule has 0 aromatic rings. The third-order valence-electron chi connectivity index (χ3n) is 5.03. The second-order valence-corrected chi connectivity index (χ2v) is 7.85. The molecule has 138 valence electrons. The maximum Gasteiger partial charge on any atom is 0.0896 e. The topological polar surface area (TPSA) is 16.2 Å². The van der Waals surface area contributed by atoms with Crippen molar-refractivity contribution in [3.63, 3.8) is 0 Å². The van der Waals surface area contributed by atoms with Gasteiger partial charge in [-0.25, -0.2) is 0 Å². The highest BCUT2D eigenvalue weighted by Gasteiger charge is 2.18. The molecule has 0 amide bonds. The van der Waals surface area contributed by atoms with Gasteiger partial charge >= 0.3 is 0 Å². The minimum absolute atomic E-state index is 0.582. The molecule has 2 rings (SSSR count). The summed E-state index contributed by atoms with van der Waals surface area (Å²) < 4.78 is 0. The molecule has 0 aliphatic carbocycles. The molecule has 2 heterocycles. The Balaban J connectivity index is 1.71. The van der Waals surface area contributed by atoms with Crippen molar-refractivity contribution < 1.29 is 0 Å². The highest BCUT2D eigenvalue weighted by molar-refractivity contribution is 4.93. The Morgan fingerprint density at radius 2 is 1.12 bits per heavy atom. The Bertz CT molecular complexity index is 393. The second kappa shape index (κ2) is 8.65. The molecule has 0 N–H and O–H groups in total. The quantitative estimate of drug-likeness (QED) is 0.642. The molecule has 24 heavy (non-hydrogen) atoms.